The number of nitrogens with zero attached hydrogens (tertiary/aromatic N) is 1. The maximum absolute atomic E-state index is 12.9. The number of hydrogen-bond acceptors (Lipinski definition) is 3. The summed E-state index contributed by atoms with van der Waals surface area (Å²) in [6, 6.07) is 9.94. The quantitative estimate of drug-likeness (QED) is 0.894. The van der Waals surface area contributed by atoms with Crippen LogP contribution < -0.4 is 10.5 Å². The number of rotatable bonds is 4. The average molecular weight is 340 g/mol. The molecule has 0 bridgehead atoms. The van der Waals surface area contributed by atoms with E-state index in [1.165, 1.54) is 11.0 Å². The smallest absolute Gasteiger partial charge is 0.312 e. The Hall–Kier alpha value is -2.89. The van der Waals surface area contributed by atoms with Crippen LogP contribution in [-0.4, -0.2) is 28.5 Å². The summed E-state index contributed by atoms with van der Waals surface area (Å²) in [6.07, 6.45) is 0.657. The first-order chi connectivity index (χ1) is 11.9. The van der Waals surface area contributed by atoms with Gasteiger partial charge in [-0.3, -0.25) is 14.4 Å². The Morgan fingerprint density at radius 2 is 2.00 bits per heavy atom. The van der Waals surface area contributed by atoms with Gasteiger partial charge >= 0.3 is 5.97 Å². The Bertz CT molecular complexity index is 885. The molecule has 2 N–H and O–H groups in total. The number of hydrogen-bond donors (Lipinski definition) is 2. The van der Waals surface area contributed by atoms with E-state index in [1.54, 1.807) is 30.3 Å². The molecule has 1 aromatic carbocycles. The summed E-state index contributed by atoms with van der Waals surface area (Å²) in [5.41, 5.74) is 1.86. The van der Waals surface area contributed by atoms with E-state index in [1.807, 2.05) is 13.8 Å². The second-order valence-corrected chi connectivity index (χ2v) is 6.72. The summed E-state index contributed by atoms with van der Waals surface area (Å²) >= 11 is 0. The van der Waals surface area contributed by atoms with Crippen LogP contribution in [0.5, 0.6) is 0 Å². The molecular formula is C19H20N2O4. The van der Waals surface area contributed by atoms with Crippen LogP contribution in [-0.2, 0) is 11.2 Å². The van der Waals surface area contributed by atoms with Gasteiger partial charge in [0, 0.05) is 29.6 Å². The number of amides is 1. The number of anilines is 1. The molecule has 0 spiro atoms. The van der Waals surface area contributed by atoms with Gasteiger partial charge in [-0.1, -0.05) is 32.0 Å². The van der Waals surface area contributed by atoms with E-state index in [9.17, 15) is 19.5 Å². The van der Waals surface area contributed by atoms with Crippen LogP contribution in [0.25, 0.3) is 0 Å². The van der Waals surface area contributed by atoms with Gasteiger partial charge in [0.25, 0.3) is 5.91 Å². The maximum atomic E-state index is 12.9. The molecule has 2 aromatic rings. The third kappa shape index (κ3) is 3.33. The number of fused-ring (bicyclic) bond motifs is 1. The molecule has 3 rings (SSSR count). The first kappa shape index (κ1) is 17.0. The van der Waals surface area contributed by atoms with Crippen molar-refractivity contribution in [3.63, 3.8) is 0 Å². The van der Waals surface area contributed by atoms with E-state index in [-0.39, 0.29) is 23.6 Å². The van der Waals surface area contributed by atoms with E-state index in [0.29, 0.717) is 29.3 Å². The minimum Gasteiger partial charge on any atom is -0.481 e. The lowest BCUT2D eigenvalue weighted by atomic mass is 10.0. The van der Waals surface area contributed by atoms with Crippen LogP contribution >= 0.6 is 0 Å². The number of aliphatic carboxylic acids is 1. The molecule has 1 amide bonds. The summed E-state index contributed by atoms with van der Waals surface area (Å²) in [5.74, 6) is -1.73. The Morgan fingerprint density at radius 3 is 2.68 bits per heavy atom. The van der Waals surface area contributed by atoms with Gasteiger partial charge in [-0.2, -0.15) is 0 Å². The minimum absolute atomic E-state index is 0.0693. The second kappa shape index (κ2) is 6.55. The van der Waals surface area contributed by atoms with E-state index >= 15 is 0 Å². The summed E-state index contributed by atoms with van der Waals surface area (Å²) < 4.78 is 0. The Kier molecular flexibility index (Phi) is 4.44. The number of carboxylic acids is 1. The average Bonchev–Trinajstić information content (AvgIpc) is 2.92. The number of carbonyl (C=O) groups is 2. The predicted octanol–water partition coefficient (Wildman–Crippen LogP) is 2.40. The van der Waals surface area contributed by atoms with Gasteiger partial charge in [0.15, 0.2) is 0 Å². The highest BCUT2D eigenvalue weighted by molar-refractivity contribution is 6.08. The summed E-state index contributed by atoms with van der Waals surface area (Å²) in [4.78, 5) is 40.6. The van der Waals surface area contributed by atoms with Gasteiger partial charge in [0.05, 0.1) is 0 Å². The number of para-hydroxylation sites is 1. The predicted molar refractivity (Wildman–Crippen MR) is 94.1 cm³/mol. The van der Waals surface area contributed by atoms with Crippen molar-refractivity contribution in [2.45, 2.75) is 26.2 Å². The lowest BCUT2D eigenvalue weighted by Gasteiger charge is -2.18. The molecule has 1 aliphatic rings. The molecule has 0 unspecified atom stereocenters. The molecule has 0 saturated heterocycles. The molecule has 0 radical (unpaired) electrons. The molecule has 1 aliphatic heterocycles. The number of nitrogens with one attached hydrogen (secondary N) is 1. The van der Waals surface area contributed by atoms with Crippen molar-refractivity contribution in [2.24, 2.45) is 5.92 Å². The molecule has 6 nitrogen and oxygen atoms in total. The van der Waals surface area contributed by atoms with E-state index in [2.05, 4.69) is 4.98 Å². The minimum atomic E-state index is -0.964. The van der Waals surface area contributed by atoms with E-state index in [4.69, 9.17) is 0 Å². The number of aromatic amines is 1. The van der Waals surface area contributed by atoms with E-state index in [0.717, 1.165) is 0 Å². The fraction of sp³-hybridized carbons (Fsp3) is 0.316. The SMILES string of the molecule is CC(C)Cc1cc(C(=O)N2C[C@@H](C(=O)O)c3ccccc32)cc(=O)[nH]1. The van der Waals surface area contributed by atoms with Crippen molar-refractivity contribution < 1.29 is 14.7 Å². The second-order valence-electron chi connectivity index (χ2n) is 6.72. The highest BCUT2D eigenvalue weighted by Crippen LogP contribution is 2.37. The Morgan fingerprint density at radius 1 is 1.28 bits per heavy atom. The fourth-order valence-corrected chi connectivity index (χ4v) is 3.24. The van der Waals surface area contributed by atoms with Crippen LogP contribution in [0.3, 0.4) is 0 Å². The van der Waals surface area contributed by atoms with Crippen molar-refractivity contribution in [2.75, 3.05) is 11.4 Å². The lowest BCUT2D eigenvalue weighted by molar-refractivity contribution is -0.138. The van der Waals surface area contributed by atoms with Crippen LogP contribution in [0, 0.1) is 5.92 Å². The fourth-order valence-electron chi connectivity index (χ4n) is 3.24. The maximum Gasteiger partial charge on any atom is 0.312 e. The first-order valence-corrected chi connectivity index (χ1v) is 8.23. The van der Waals surface area contributed by atoms with Gasteiger partial charge in [-0.05, 0) is 30.0 Å². The third-order valence-corrected chi connectivity index (χ3v) is 4.29. The standard InChI is InChI=1S/C19H20N2O4/c1-11(2)7-13-8-12(9-17(22)20-13)18(23)21-10-15(19(24)25)14-5-3-4-6-16(14)21/h3-6,8-9,11,15H,7,10H2,1-2H3,(H,20,22)(H,24,25)/t15-/m1/s1. The third-order valence-electron chi connectivity index (χ3n) is 4.29. The van der Waals surface area contributed by atoms with Crippen LogP contribution in [0.2, 0.25) is 0 Å². The number of aromatic nitrogens is 1. The monoisotopic (exact) mass is 340 g/mol. The highest BCUT2D eigenvalue weighted by atomic mass is 16.4. The molecule has 130 valence electrons. The molecule has 0 saturated carbocycles. The summed E-state index contributed by atoms with van der Waals surface area (Å²) in [7, 11) is 0. The molecule has 1 aromatic heterocycles. The van der Waals surface area contributed by atoms with Crippen LogP contribution in [0.4, 0.5) is 5.69 Å². The normalized spacial score (nSPS) is 16.1. The van der Waals surface area contributed by atoms with Crippen molar-refractivity contribution >= 4 is 17.6 Å². The zero-order valence-electron chi connectivity index (χ0n) is 14.2. The van der Waals surface area contributed by atoms with Gasteiger partial charge in [0.2, 0.25) is 5.56 Å². The molecular weight excluding hydrogens is 320 g/mol. The molecule has 6 heteroatoms. The number of carboxylic acid groups (broad SMARTS) is 1. The van der Waals surface area contributed by atoms with Crippen molar-refractivity contribution in [3.05, 3.63) is 63.6 Å². The Labute approximate surface area is 145 Å². The number of carbonyl (C=O) groups excluding carboxylic acids is 1. The van der Waals surface area contributed by atoms with Crippen LogP contribution in [0.1, 0.15) is 41.4 Å². The topological polar surface area (TPSA) is 90.5 Å². The number of pyridine rings is 1. The van der Waals surface area contributed by atoms with Crippen molar-refractivity contribution in [1.29, 1.82) is 0 Å². The summed E-state index contributed by atoms with van der Waals surface area (Å²) in [5, 5.41) is 9.42. The van der Waals surface area contributed by atoms with E-state index < -0.39 is 11.9 Å². The molecule has 2 heterocycles. The number of H-pyrrole nitrogens is 1. The number of benzene rings is 1. The first-order valence-electron chi connectivity index (χ1n) is 8.23. The molecule has 1 atom stereocenters. The molecule has 25 heavy (non-hydrogen) atoms. The van der Waals surface area contributed by atoms with Crippen LogP contribution in [0.15, 0.2) is 41.2 Å². The Balaban J connectivity index is 1.98. The molecule has 0 fully saturated rings. The summed E-state index contributed by atoms with van der Waals surface area (Å²) in [6.45, 7) is 4.13. The highest BCUT2D eigenvalue weighted by Gasteiger charge is 2.36. The largest absolute Gasteiger partial charge is 0.481 e. The van der Waals surface area contributed by atoms with Gasteiger partial charge in [0.1, 0.15) is 5.92 Å². The van der Waals surface area contributed by atoms with Gasteiger partial charge in [-0.25, -0.2) is 0 Å². The zero-order chi connectivity index (χ0) is 18.1. The lowest BCUT2D eigenvalue weighted by Crippen LogP contribution is -2.32. The van der Waals surface area contributed by atoms with Gasteiger partial charge < -0.3 is 15.0 Å². The van der Waals surface area contributed by atoms with Gasteiger partial charge in [-0.15, -0.1) is 0 Å². The van der Waals surface area contributed by atoms with Crippen molar-refractivity contribution in [3.8, 4) is 0 Å². The van der Waals surface area contributed by atoms with Crippen molar-refractivity contribution in [1.82, 2.24) is 4.98 Å². The molecule has 0 aliphatic carbocycles. The zero-order valence-corrected chi connectivity index (χ0v) is 14.2.